The first kappa shape index (κ1) is 21.1. The van der Waals surface area contributed by atoms with Crippen molar-refractivity contribution in [2.24, 2.45) is 5.10 Å². The molecule has 3 rings (SSSR count). The molecule has 30 heavy (non-hydrogen) atoms. The van der Waals surface area contributed by atoms with E-state index in [4.69, 9.17) is 9.47 Å². The first-order chi connectivity index (χ1) is 14.6. The predicted molar refractivity (Wildman–Crippen MR) is 119 cm³/mol. The molecule has 5 nitrogen and oxygen atoms in total. The van der Waals surface area contributed by atoms with Crippen molar-refractivity contribution < 1.29 is 14.3 Å². The Labute approximate surface area is 177 Å². The van der Waals surface area contributed by atoms with Crippen molar-refractivity contribution in [1.82, 2.24) is 5.43 Å². The molecule has 0 aliphatic carbocycles. The Hall–Kier alpha value is -3.60. The van der Waals surface area contributed by atoms with E-state index in [1.54, 1.807) is 30.5 Å². The number of carbonyl (C=O) groups is 1. The minimum absolute atomic E-state index is 0.272. The second-order valence-electron chi connectivity index (χ2n) is 6.92. The Morgan fingerprint density at radius 1 is 0.900 bits per heavy atom. The third-order valence-corrected chi connectivity index (χ3v) is 4.38. The normalized spacial score (nSPS) is 10.7. The van der Waals surface area contributed by atoms with Gasteiger partial charge in [-0.05, 0) is 73.0 Å². The molecule has 0 fully saturated rings. The predicted octanol–water partition coefficient (Wildman–Crippen LogP) is 5.13. The van der Waals surface area contributed by atoms with Crippen LogP contribution in [0.1, 0.15) is 40.4 Å². The van der Waals surface area contributed by atoms with Crippen molar-refractivity contribution in [3.63, 3.8) is 0 Å². The summed E-state index contributed by atoms with van der Waals surface area (Å²) >= 11 is 0. The van der Waals surface area contributed by atoms with Gasteiger partial charge in [0.25, 0.3) is 5.91 Å². The minimum atomic E-state index is -0.272. The summed E-state index contributed by atoms with van der Waals surface area (Å²) in [5.74, 6) is 1.26. The van der Waals surface area contributed by atoms with E-state index in [0.29, 0.717) is 18.8 Å². The highest BCUT2D eigenvalue weighted by atomic mass is 16.5. The largest absolute Gasteiger partial charge is 0.494 e. The Kier molecular flexibility index (Phi) is 7.61. The van der Waals surface area contributed by atoms with Crippen LogP contribution in [-0.4, -0.2) is 18.7 Å². The van der Waals surface area contributed by atoms with E-state index in [9.17, 15) is 4.79 Å². The van der Waals surface area contributed by atoms with Crippen LogP contribution in [0.4, 0.5) is 0 Å². The Bertz CT molecular complexity index is 963. The topological polar surface area (TPSA) is 59.9 Å². The van der Waals surface area contributed by atoms with E-state index in [2.05, 4.69) is 41.7 Å². The van der Waals surface area contributed by atoms with Gasteiger partial charge in [0, 0.05) is 5.56 Å². The molecule has 1 N–H and O–H groups in total. The van der Waals surface area contributed by atoms with Crippen LogP contribution in [0, 0.1) is 6.92 Å². The molecular weight excluding hydrogens is 376 g/mol. The van der Waals surface area contributed by atoms with Crippen LogP contribution in [0.2, 0.25) is 0 Å². The van der Waals surface area contributed by atoms with Crippen LogP contribution < -0.4 is 14.9 Å². The number of amides is 1. The zero-order chi connectivity index (χ0) is 21.2. The van der Waals surface area contributed by atoms with E-state index in [0.717, 1.165) is 29.0 Å². The van der Waals surface area contributed by atoms with E-state index in [1.165, 1.54) is 5.56 Å². The van der Waals surface area contributed by atoms with Crippen molar-refractivity contribution in [3.8, 4) is 11.5 Å². The molecule has 0 saturated heterocycles. The van der Waals surface area contributed by atoms with Gasteiger partial charge in [-0.1, -0.05) is 36.8 Å². The molecular formula is C25H26N2O3. The van der Waals surface area contributed by atoms with E-state index in [1.807, 2.05) is 31.2 Å². The van der Waals surface area contributed by atoms with E-state index in [-0.39, 0.29) is 5.91 Å². The second-order valence-corrected chi connectivity index (χ2v) is 6.92. The number of nitrogens with zero attached hydrogens (tertiary/aromatic N) is 1. The van der Waals surface area contributed by atoms with Gasteiger partial charge < -0.3 is 9.47 Å². The van der Waals surface area contributed by atoms with Crippen molar-refractivity contribution in [2.75, 3.05) is 6.61 Å². The lowest BCUT2D eigenvalue weighted by atomic mass is 10.2. The zero-order valence-corrected chi connectivity index (χ0v) is 17.3. The van der Waals surface area contributed by atoms with Gasteiger partial charge in [0.15, 0.2) is 0 Å². The number of ether oxygens (including phenoxy) is 2. The Morgan fingerprint density at radius 2 is 1.53 bits per heavy atom. The Balaban J connectivity index is 1.47. The number of hydrazone groups is 1. The lowest BCUT2D eigenvalue weighted by Crippen LogP contribution is -2.17. The molecule has 0 saturated carbocycles. The molecule has 0 unspecified atom stereocenters. The van der Waals surface area contributed by atoms with Crippen molar-refractivity contribution >= 4 is 12.1 Å². The van der Waals surface area contributed by atoms with Crippen LogP contribution in [0.5, 0.6) is 11.5 Å². The average Bonchev–Trinajstić information content (AvgIpc) is 2.78. The number of nitrogens with one attached hydrogen (secondary N) is 1. The number of carbonyl (C=O) groups excluding carboxylic acids is 1. The number of hydrogen-bond donors (Lipinski definition) is 1. The highest BCUT2D eigenvalue weighted by Gasteiger charge is 2.04. The molecule has 1 amide bonds. The summed E-state index contributed by atoms with van der Waals surface area (Å²) in [4.78, 5) is 12.2. The molecule has 3 aromatic rings. The standard InChI is InChI=1S/C25H26N2O3/c1-3-16-29-23-14-10-22(11-15-23)25(28)27-26-17-20-8-12-24(13-9-20)30-18-21-6-4-19(2)5-7-21/h4-15,17H,3,16,18H2,1-2H3,(H,27,28)/b26-17-. The number of aryl methyl sites for hydroxylation is 1. The maximum absolute atomic E-state index is 12.2. The minimum Gasteiger partial charge on any atom is -0.494 e. The summed E-state index contributed by atoms with van der Waals surface area (Å²) in [5.41, 5.74) is 6.27. The van der Waals surface area contributed by atoms with Gasteiger partial charge in [0.05, 0.1) is 12.8 Å². The van der Waals surface area contributed by atoms with Gasteiger partial charge in [0.1, 0.15) is 18.1 Å². The Morgan fingerprint density at radius 3 is 2.20 bits per heavy atom. The van der Waals surface area contributed by atoms with Gasteiger partial charge in [-0.25, -0.2) is 5.43 Å². The molecule has 0 aromatic heterocycles. The second kappa shape index (κ2) is 10.8. The van der Waals surface area contributed by atoms with Crippen molar-refractivity contribution in [2.45, 2.75) is 26.9 Å². The van der Waals surface area contributed by atoms with Gasteiger partial charge in [-0.15, -0.1) is 0 Å². The quantitative estimate of drug-likeness (QED) is 0.399. The fourth-order valence-electron chi connectivity index (χ4n) is 2.65. The molecule has 0 spiro atoms. The summed E-state index contributed by atoms with van der Waals surface area (Å²) in [7, 11) is 0. The third-order valence-electron chi connectivity index (χ3n) is 4.38. The fourth-order valence-corrected chi connectivity index (χ4v) is 2.65. The van der Waals surface area contributed by atoms with Crippen LogP contribution >= 0.6 is 0 Å². The number of rotatable bonds is 9. The van der Waals surface area contributed by atoms with Crippen LogP contribution in [0.25, 0.3) is 0 Å². The molecule has 3 aromatic carbocycles. The lowest BCUT2D eigenvalue weighted by molar-refractivity contribution is 0.0955. The maximum Gasteiger partial charge on any atom is 0.271 e. The summed E-state index contributed by atoms with van der Waals surface area (Å²) < 4.78 is 11.3. The molecule has 0 aliphatic rings. The fraction of sp³-hybridized carbons (Fsp3) is 0.200. The molecule has 0 atom stereocenters. The highest BCUT2D eigenvalue weighted by molar-refractivity contribution is 5.95. The van der Waals surface area contributed by atoms with Crippen LogP contribution in [0.15, 0.2) is 77.9 Å². The van der Waals surface area contributed by atoms with E-state index >= 15 is 0 Å². The summed E-state index contributed by atoms with van der Waals surface area (Å²) in [5, 5.41) is 4.02. The summed E-state index contributed by atoms with van der Waals surface area (Å²) in [6.07, 6.45) is 2.54. The molecule has 5 heteroatoms. The number of benzene rings is 3. The van der Waals surface area contributed by atoms with Crippen LogP contribution in [0.3, 0.4) is 0 Å². The molecule has 154 valence electrons. The SMILES string of the molecule is CCCOc1ccc(C(=O)N/N=C\c2ccc(OCc3ccc(C)cc3)cc2)cc1. The first-order valence-corrected chi connectivity index (χ1v) is 9.98. The smallest absolute Gasteiger partial charge is 0.271 e. The van der Waals surface area contributed by atoms with Gasteiger partial charge in [0.2, 0.25) is 0 Å². The maximum atomic E-state index is 12.2. The monoisotopic (exact) mass is 402 g/mol. The zero-order valence-electron chi connectivity index (χ0n) is 17.3. The summed E-state index contributed by atoms with van der Waals surface area (Å²) in [6, 6.07) is 22.8. The molecule has 0 heterocycles. The number of hydrogen-bond acceptors (Lipinski definition) is 4. The molecule has 0 radical (unpaired) electrons. The van der Waals surface area contributed by atoms with Gasteiger partial charge in [-0.2, -0.15) is 5.10 Å². The van der Waals surface area contributed by atoms with Gasteiger partial charge >= 0.3 is 0 Å². The first-order valence-electron chi connectivity index (χ1n) is 9.98. The van der Waals surface area contributed by atoms with Crippen molar-refractivity contribution in [1.29, 1.82) is 0 Å². The third kappa shape index (κ3) is 6.48. The van der Waals surface area contributed by atoms with Crippen molar-refractivity contribution in [3.05, 3.63) is 95.1 Å². The molecule has 0 bridgehead atoms. The lowest BCUT2D eigenvalue weighted by Gasteiger charge is -2.07. The summed E-state index contributed by atoms with van der Waals surface area (Å²) in [6.45, 7) is 5.29. The van der Waals surface area contributed by atoms with Crippen LogP contribution in [-0.2, 0) is 6.61 Å². The van der Waals surface area contributed by atoms with Gasteiger partial charge in [-0.3, -0.25) is 4.79 Å². The van der Waals surface area contributed by atoms with E-state index < -0.39 is 0 Å². The highest BCUT2D eigenvalue weighted by Crippen LogP contribution is 2.14. The average molecular weight is 402 g/mol. The molecule has 0 aliphatic heterocycles.